The van der Waals surface area contributed by atoms with Gasteiger partial charge in [0.25, 0.3) is 0 Å². The molecule has 1 heterocycles. The van der Waals surface area contributed by atoms with E-state index in [4.69, 9.17) is 5.73 Å². The predicted molar refractivity (Wildman–Crippen MR) is 84.6 cm³/mol. The molecule has 18 heavy (non-hydrogen) atoms. The van der Waals surface area contributed by atoms with E-state index in [0.717, 1.165) is 12.2 Å². The van der Waals surface area contributed by atoms with Crippen molar-refractivity contribution in [2.24, 2.45) is 0 Å². The fraction of sp³-hybridized carbons (Fsp3) is 0.0667. The highest BCUT2D eigenvalue weighted by atomic mass is 127. The molecule has 0 aliphatic heterocycles. The summed E-state index contributed by atoms with van der Waals surface area (Å²) in [6, 6.07) is 16.7. The van der Waals surface area contributed by atoms with Crippen molar-refractivity contribution >= 4 is 39.2 Å². The number of hydrogen-bond acceptors (Lipinski definition) is 1. The molecule has 0 atom stereocenters. The Morgan fingerprint density at radius 1 is 1.06 bits per heavy atom. The number of nitrogen functional groups attached to an aromatic ring is 1. The third-order valence-electron chi connectivity index (χ3n) is 3.04. The topological polar surface area (TPSA) is 30.9 Å². The second kappa shape index (κ2) is 4.65. The smallest absolute Gasteiger partial charge is 0.0484 e. The van der Waals surface area contributed by atoms with Gasteiger partial charge in [-0.3, -0.25) is 0 Å². The van der Waals surface area contributed by atoms with Crippen molar-refractivity contribution < 1.29 is 0 Å². The molecule has 0 saturated carbocycles. The fourth-order valence-corrected chi connectivity index (χ4v) is 2.80. The van der Waals surface area contributed by atoms with Gasteiger partial charge in [0, 0.05) is 32.9 Å². The summed E-state index contributed by atoms with van der Waals surface area (Å²) in [7, 11) is 0. The van der Waals surface area contributed by atoms with E-state index in [-0.39, 0.29) is 0 Å². The van der Waals surface area contributed by atoms with Crippen LogP contribution >= 0.6 is 22.6 Å². The van der Waals surface area contributed by atoms with E-state index in [1.54, 1.807) is 0 Å². The lowest BCUT2D eigenvalue weighted by molar-refractivity contribution is 0.836. The molecule has 0 saturated heterocycles. The maximum atomic E-state index is 5.80. The van der Waals surface area contributed by atoms with Crippen LogP contribution in [0.25, 0.3) is 10.9 Å². The molecule has 0 radical (unpaired) electrons. The number of benzene rings is 2. The number of anilines is 1. The van der Waals surface area contributed by atoms with E-state index in [0.29, 0.717) is 0 Å². The van der Waals surface area contributed by atoms with Gasteiger partial charge in [0.05, 0.1) is 0 Å². The quantitative estimate of drug-likeness (QED) is 0.553. The third kappa shape index (κ3) is 2.22. The standard InChI is InChI=1S/C15H13IN2/c16-13-3-1-2-11(8-13)10-18-7-6-12-9-14(17)4-5-15(12)18/h1-9H,10,17H2. The van der Waals surface area contributed by atoms with Crippen molar-refractivity contribution in [2.45, 2.75) is 6.54 Å². The molecule has 3 aromatic rings. The SMILES string of the molecule is Nc1ccc2c(ccn2Cc2cccc(I)c2)c1. The molecule has 3 heteroatoms. The maximum Gasteiger partial charge on any atom is 0.0484 e. The Kier molecular flexibility index (Phi) is 2.99. The van der Waals surface area contributed by atoms with E-state index in [2.05, 4.69) is 69.8 Å². The first-order valence-corrected chi connectivity index (χ1v) is 6.89. The highest BCUT2D eigenvalue weighted by Crippen LogP contribution is 2.20. The van der Waals surface area contributed by atoms with Crippen LogP contribution in [0.2, 0.25) is 0 Å². The molecule has 2 N–H and O–H groups in total. The van der Waals surface area contributed by atoms with Crippen LogP contribution in [0.5, 0.6) is 0 Å². The first-order valence-electron chi connectivity index (χ1n) is 5.81. The van der Waals surface area contributed by atoms with Crippen LogP contribution in [-0.2, 0) is 6.54 Å². The van der Waals surface area contributed by atoms with Crippen LogP contribution in [0.15, 0.2) is 54.7 Å². The van der Waals surface area contributed by atoms with Crippen LogP contribution < -0.4 is 5.73 Å². The fourth-order valence-electron chi connectivity index (χ4n) is 2.19. The zero-order valence-corrected chi connectivity index (χ0v) is 12.0. The highest BCUT2D eigenvalue weighted by Gasteiger charge is 2.02. The molecule has 0 unspecified atom stereocenters. The molecule has 1 aromatic heterocycles. The van der Waals surface area contributed by atoms with Crippen LogP contribution in [0, 0.1) is 3.57 Å². The van der Waals surface area contributed by atoms with E-state index >= 15 is 0 Å². The molecular weight excluding hydrogens is 335 g/mol. The second-order valence-electron chi connectivity index (χ2n) is 4.39. The molecule has 2 aromatic carbocycles. The Balaban J connectivity index is 2.00. The molecule has 90 valence electrons. The van der Waals surface area contributed by atoms with E-state index in [1.165, 1.54) is 20.0 Å². The number of hydrogen-bond donors (Lipinski definition) is 1. The number of rotatable bonds is 2. The molecule has 0 bridgehead atoms. The number of fused-ring (bicyclic) bond motifs is 1. The number of halogens is 1. The Hall–Kier alpha value is -1.49. The Morgan fingerprint density at radius 3 is 2.78 bits per heavy atom. The summed E-state index contributed by atoms with van der Waals surface area (Å²) in [5, 5.41) is 1.20. The summed E-state index contributed by atoms with van der Waals surface area (Å²) >= 11 is 2.34. The summed E-state index contributed by atoms with van der Waals surface area (Å²) in [5.41, 5.74) is 9.15. The van der Waals surface area contributed by atoms with Gasteiger partial charge in [-0.05, 0) is 64.6 Å². The van der Waals surface area contributed by atoms with Gasteiger partial charge in [0.2, 0.25) is 0 Å². The average molecular weight is 348 g/mol. The van der Waals surface area contributed by atoms with Gasteiger partial charge in [0.15, 0.2) is 0 Å². The molecule has 0 fully saturated rings. The van der Waals surface area contributed by atoms with Crippen molar-refractivity contribution in [3.8, 4) is 0 Å². The number of nitrogens with zero attached hydrogens (tertiary/aromatic N) is 1. The van der Waals surface area contributed by atoms with Crippen molar-refractivity contribution in [1.29, 1.82) is 0 Å². The summed E-state index contributed by atoms with van der Waals surface area (Å²) in [4.78, 5) is 0. The summed E-state index contributed by atoms with van der Waals surface area (Å²) < 4.78 is 3.52. The first kappa shape index (κ1) is 11.6. The van der Waals surface area contributed by atoms with Gasteiger partial charge >= 0.3 is 0 Å². The summed E-state index contributed by atoms with van der Waals surface area (Å²) in [6.07, 6.45) is 2.12. The molecule has 2 nitrogen and oxygen atoms in total. The van der Waals surface area contributed by atoms with Gasteiger partial charge in [0.1, 0.15) is 0 Å². The zero-order chi connectivity index (χ0) is 12.5. The molecule has 0 amide bonds. The lowest BCUT2D eigenvalue weighted by atomic mass is 10.2. The van der Waals surface area contributed by atoms with E-state index in [1.807, 2.05) is 12.1 Å². The molecule has 0 aliphatic rings. The number of aromatic nitrogens is 1. The van der Waals surface area contributed by atoms with Gasteiger partial charge < -0.3 is 10.3 Å². The first-order chi connectivity index (χ1) is 8.72. The van der Waals surface area contributed by atoms with Gasteiger partial charge in [-0.2, -0.15) is 0 Å². The van der Waals surface area contributed by atoms with Crippen molar-refractivity contribution in [2.75, 3.05) is 5.73 Å². The van der Waals surface area contributed by atoms with Crippen molar-refractivity contribution in [3.05, 3.63) is 63.9 Å². The van der Waals surface area contributed by atoms with Gasteiger partial charge in [-0.1, -0.05) is 12.1 Å². The summed E-state index contributed by atoms with van der Waals surface area (Å²) in [6.45, 7) is 0.893. The minimum absolute atomic E-state index is 0.814. The van der Waals surface area contributed by atoms with Gasteiger partial charge in [-0.25, -0.2) is 0 Å². The Morgan fingerprint density at radius 2 is 1.94 bits per heavy atom. The maximum absolute atomic E-state index is 5.80. The normalized spacial score (nSPS) is 10.9. The number of nitrogens with two attached hydrogens (primary N) is 1. The largest absolute Gasteiger partial charge is 0.399 e. The predicted octanol–water partition coefficient (Wildman–Crippen LogP) is 3.88. The Bertz CT molecular complexity index is 701. The molecule has 0 spiro atoms. The highest BCUT2D eigenvalue weighted by molar-refractivity contribution is 14.1. The minimum Gasteiger partial charge on any atom is -0.399 e. The Labute approximate surface area is 120 Å². The van der Waals surface area contributed by atoms with Crippen LogP contribution in [0.3, 0.4) is 0 Å². The van der Waals surface area contributed by atoms with Crippen LogP contribution in [-0.4, -0.2) is 4.57 Å². The van der Waals surface area contributed by atoms with Crippen LogP contribution in [0.4, 0.5) is 5.69 Å². The lowest BCUT2D eigenvalue weighted by Crippen LogP contribution is -1.98. The van der Waals surface area contributed by atoms with E-state index in [9.17, 15) is 0 Å². The third-order valence-corrected chi connectivity index (χ3v) is 3.71. The lowest BCUT2D eigenvalue weighted by Gasteiger charge is -2.06. The summed E-state index contributed by atoms with van der Waals surface area (Å²) in [5.74, 6) is 0. The molecule has 3 rings (SSSR count). The second-order valence-corrected chi connectivity index (χ2v) is 5.64. The monoisotopic (exact) mass is 348 g/mol. The molecule has 0 aliphatic carbocycles. The van der Waals surface area contributed by atoms with E-state index < -0.39 is 0 Å². The average Bonchev–Trinajstić information content (AvgIpc) is 2.72. The minimum atomic E-state index is 0.814. The van der Waals surface area contributed by atoms with Gasteiger partial charge in [-0.15, -0.1) is 0 Å². The van der Waals surface area contributed by atoms with Crippen molar-refractivity contribution in [3.63, 3.8) is 0 Å². The van der Waals surface area contributed by atoms with Crippen LogP contribution in [0.1, 0.15) is 5.56 Å². The zero-order valence-electron chi connectivity index (χ0n) is 9.81. The molecular formula is C15H13IN2. The van der Waals surface area contributed by atoms with Crippen molar-refractivity contribution in [1.82, 2.24) is 4.57 Å².